The maximum absolute atomic E-state index is 11.5. The quantitative estimate of drug-likeness (QED) is 0.880. The summed E-state index contributed by atoms with van der Waals surface area (Å²) in [5.41, 5.74) is 0.659. The Bertz CT molecular complexity index is 606. The number of hydrogen-bond acceptors (Lipinski definition) is 4. The van der Waals surface area contributed by atoms with Crippen molar-refractivity contribution in [3.05, 3.63) is 40.3 Å². The van der Waals surface area contributed by atoms with Gasteiger partial charge in [0.1, 0.15) is 0 Å². The second kappa shape index (κ2) is 6.08. The SMILES string of the molecule is CC[C@H](O)c1ccccc1Sc1n[nH]c(=O)n1CC. The molecule has 0 aliphatic rings. The second-order valence-corrected chi connectivity index (χ2v) is 5.13. The molecule has 0 saturated heterocycles. The summed E-state index contributed by atoms with van der Waals surface area (Å²) >= 11 is 1.39. The summed E-state index contributed by atoms with van der Waals surface area (Å²) in [6.45, 7) is 4.40. The molecule has 0 fully saturated rings. The first kappa shape index (κ1) is 13.9. The summed E-state index contributed by atoms with van der Waals surface area (Å²) in [5, 5.41) is 17.1. The van der Waals surface area contributed by atoms with Crippen LogP contribution in [0, 0.1) is 0 Å². The van der Waals surface area contributed by atoms with E-state index < -0.39 is 6.10 Å². The van der Waals surface area contributed by atoms with Crippen molar-refractivity contribution in [2.75, 3.05) is 0 Å². The molecular weight excluding hydrogens is 262 g/mol. The molecule has 0 radical (unpaired) electrons. The summed E-state index contributed by atoms with van der Waals surface area (Å²) in [5.74, 6) is 0. The fourth-order valence-corrected chi connectivity index (χ4v) is 2.91. The molecule has 0 aliphatic carbocycles. The monoisotopic (exact) mass is 279 g/mol. The Kier molecular flexibility index (Phi) is 4.44. The van der Waals surface area contributed by atoms with Crippen LogP contribution in [-0.2, 0) is 6.54 Å². The lowest BCUT2D eigenvalue weighted by Gasteiger charge is -2.13. The molecule has 6 heteroatoms. The minimum atomic E-state index is -0.496. The molecular formula is C13H17N3O2S. The Labute approximate surface area is 115 Å². The van der Waals surface area contributed by atoms with Gasteiger partial charge in [0, 0.05) is 11.4 Å². The van der Waals surface area contributed by atoms with E-state index in [9.17, 15) is 9.90 Å². The highest BCUT2D eigenvalue weighted by molar-refractivity contribution is 7.99. The smallest absolute Gasteiger partial charge is 0.343 e. The zero-order valence-electron chi connectivity index (χ0n) is 11.0. The topological polar surface area (TPSA) is 70.9 Å². The first-order valence-corrected chi connectivity index (χ1v) is 7.09. The van der Waals surface area contributed by atoms with Gasteiger partial charge in [0.25, 0.3) is 0 Å². The van der Waals surface area contributed by atoms with E-state index in [1.807, 2.05) is 38.1 Å². The van der Waals surface area contributed by atoms with E-state index in [0.717, 1.165) is 10.5 Å². The molecule has 1 aromatic carbocycles. The Morgan fingerprint density at radius 3 is 2.84 bits per heavy atom. The number of rotatable bonds is 5. The molecule has 0 aliphatic heterocycles. The third-order valence-corrected chi connectivity index (χ3v) is 3.99. The van der Waals surface area contributed by atoms with Gasteiger partial charge in [0.05, 0.1) is 6.10 Å². The van der Waals surface area contributed by atoms with Crippen molar-refractivity contribution < 1.29 is 5.11 Å². The van der Waals surface area contributed by atoms with Gasteiger partial charge in [-0.15, -0.1) is 5.10 Å². The minimum absolute atomic E-state index is 0.210. The number of aromatic nitrogens is 3. The first-order valence-electron chi connectivity index (χ1n) is 6.27. The van der Waals surface area contributed by atoms with Crippen LogP contribution in [0.5, 0.6) is 0 Å². The van der Waals surface area contributed by atoms with Crippen molar-refractivity contribution in [2.24, 2.45) is 0 Å². The van der Waals surface area contributed by atoms with E-state index in [1.54, 1.807) is 4.57 Å². The molecule has 0 spiro atoms. The van der Waals surface area contributed by atoms with E-state index >= 15 is 0 Å². The Morgan fingerprint density at radius 1 is 1.42 bits per heavy atom. The predicted molar refractivity (Wildman–Crippen MR) is 74.3 cm³/mol. The number of benzene rings is 1. The molecule has 2 N–H and O–H groups in total. The fraction of sp³-hybridized carbons (Fsp3) is 0.385. The number of H-pyrrole nitrogens is 1. The third kappa shape index (κ3) is 2.90. The summed E-state index contributed by atoms with van der Waals surface area (Å²) in [6.07, 6.45) is 0.156. The highest BCUT2D eigenvalue weighted by Gasteiger charge is 2.14. The first-order chi connectivity index (χ1) is 9.17. The van der Waals surface area contributed by atoms with Crippen molar-refractivity contribution in [1.82, 2.24) is 14.8 Å². The summed E-state index contributed by atoms with van der Waals surface area (Å²) < 4.78 is 1.57. The summed E-state index contributed by atoms with van der Waals surface area (Å²) in [4.78, 5) is 12.4. The van der Waals surface area contributed by atoms with Gasteiger partial charge in [-0.2, -0.15) is 0 Å². The Morgan fingerprint density at radius 2 is 2.16 bits per heavy atom. The predicted octanol–water partition coefficient (Wildman–Crippen LogP) is 2.19. The molecule has 0 bridgehead atoms. The lowest BCUT2D eigenvalue weighted by molar-refractivity contribution is 0.171. The number of hydrogen-bond donors (Lipinski definition) is 2. The van der Waals surface area contributed by atoms with Crippen LogP contribution in [-0.4, -0.2) is 19.9 Å². The molecule has 0 saturated carbocycles. The van der Waals surface area contributed by atoms with Crippen molar-refractivity contribution in [1.29, 1.82) is 0 Å². The largest absolute Gasteiger partial charge is 0.388 e. The van der Waals surface area contributed by atoms with Crippen molar-refractivity contribution in [2.45, 2.75) is 43.0 Å². The third-order valence-electron chi connectivity index (χ3n) is 2.91. The van der Waals surface area contributed by atoms with Crippen LogP contribution >= 0.6 is 11.8 Å². The van der Waals surface area contributed by atoms with Crippen molar-refractivity contribution in [3.8, 4) is 0 Å². The van der Waals surface area contributed by atoms with E-state index in [0.29, 0.717) is 18.1 Å². The fourth-order valence-electron chi connectivity index (χ4n) is 1.83. The second-order valence-electron chi connectivity index (χ2n) is 4.12. The molecule has 5 nitrogen and oxygen atoms in total. The highest BCUT2D eigenvalue weighted by atomic mass is 32.2. The van der Waals surface area contributed by atoms with E-state index in [4.69, 9.17) is 0 Å². The summed E-state index contributed by atoms with van der Waals surface area (Å²) in [6, 6.07) is 7.64. The zero-order valence-corrected chi connectivity index (χ0v) is 11.8. The van der Waals surface area contributed by atoms with Gasteiger partial charge in [-0.1, -0.05) is 25.1 Å². The number of aliphatic hydroxyl groups excluding tert-OH is 1. The zero-order chi connectivity index (χ0) is 13.8. The number of nitrogens with zero attached hydrogens (tertiary/aromatic N) is 2. The number of nitrogens with one attached hydrogen (secondary N) is 1. The van der Waals surface area contributed by atoms with Crippen LogP contribution in [0.1, 0.15) is 31.9 Å². The van der Waals surface area contributed by atoms with Crippen LogP contribution in [0.4, 0.5) is 0 Å². The van der Waals surface area contributed by atoms with Gasteiger partial charge >= 0.3 is 5.69 Å². The van der Waals surface area contributed by atoms with Gasteiger partial charge < -0.3 is 5.11 Å². The molecule has 1 aromatic heterocycles. The molecule has 1 atom stereocenters. The molecule has 2 aromatic rings. The normalized spacial score (nSPS) is 12.6. The lowest BCUT2D eigenvalue weighted by atomic mass is 10.1. The van der Waals surface area contributed by atoms with Crippen molar-refractivity contribution in [3.63, 3.8) is 0 Å². The number of aliphatic hydroxyl groups is 1. The standard InChI is InChI=1S/C13H17N3O2S/c1-3-10(17)9-7-5-6-8-11(9)19-13-15-14-12(18)16(13)4-2/h5-8,10,17H,3-4H2,1-2H3,(H,14,18)/t10-/m0/s1. The maximum Gasteiger partial charge on any atom is 0.343 e. The van der Waals surface area contributed by atoms with Crippen LogP contribution < -0.4 is 5.69 Å². The molecule has 1 heterocycles. The average Bonchev–Trinajstić information content (AvgIpc) is 2.79. The van der Waals surface area contributed by atoms with Crippen LogP contribution in [0.15, 0.2) is 39.1 Å². The number of aromatic amines is 1. The van der Waals surface area contributed by atoms with Gasteiger partial charge in [0.15, 0.2) is 5.16 Å². The van der Waals surface area contributed by atoms with Gasteiger partial charge in [0.2, 0.25) is 0 Å². The molecule has 0 unspecified atom stereocenters. The van der Waals surface area contributed by atoms with E-state index in [1.165, 1.54) is 11.8 Å². The molecule has 102 valence electrons. The van der Waals surface area contributed by atoms with Crippen LogP contribution in [0.25, 0.3) is 0 Å². The van der Waals surface area contributed by atoms with Gasteiger partial charge in [-0.3, -0.25) is 4.57 Å². The van der Waals surface area contributed by atoms with Crippen LogP contribution in [0.3, 0.4) is 0 Å². The lowest BCUT2D eigenvalue weighted by Crippen LogP contribution is -2.16. The minimum Gasteiger partial charge on any atom is -0.388 e. The van der Waals surface area contributed by atoms with E-state index in [2.05, 4.69) is 10.2 Å². The molecule has 2 rings (SSSR count). The maximum atomic E-state index is 11.5. The molecule has 19 heavy (non-hydrogen) atoms. The summed E-state index contributed by atoms with van der Waals surface area (Å²) in [7, 11) is 0. The van der Waals surface area contributed by atoms with Gasteiger partial charge in [-0.05, 0) is 36.7 Å². The highest BCUT2D eigenvalue weighted by Crippen LogP contribution is 2.32. The van der Waals surface area contributed by atoms with Crippen molar-refractivity contribution >= 4 is 11.8 Å². The average molecular weight is 279 g/mol. The van der Waals surface area contributed by atoms with Crippen LogP contribution in [0.2, 0.25) is 0 Å². The Hall–Kier alpha value is -1.53. The Balaban J connectivity index is 2.35. The van der Waals surface area contributed by atoms with E-state index in [-0.39, 0.29) is 5.69 Å². The van der Waals surface area contributed by atoms with Gasteiger partial charge in [-0.25, -0.2) is 9.89 Å². The molecule has 0 amide bonds.